The molecule has 0 bridgehead atoms. The van der Waals surface area contributed by atoms with Crippen LogP contribution in [0.15, 0.2) is 82.4 Å². The Kier molecular flexibility index (Phi) is 6.68. The largest absolute Gasteiger partial charge is 0.443 e. The van der Waals surface area contributed by atoms with E-state index in [0.717, 1.165) is 11.1 Å². The van der Waals surface area contributed by atoms with E-state index in [1.807, 2.05) is 6.07 Å². The highest BCUT2D eigenvalue weighted by Gasteiger charge is 2.40. The number of nitrogens with zero attached hydrogens (tertiary/aromatic N) is 2. The van der Waals surface area contributed by atoms with E-state index >= 15 is 0 Å². The van der Waals surface area contributed by atoms with Crippen molar-refractivity contribution in [1.82, 2.24) is 9.29 Å². The van der Waals surface area contributed by atoms with Crippen LogP contribution < -0.4 is 0 Å². The van der Waals surface area contributed by atoms with Crippen LogP contribution >= 0.6 is 0 Å². The summed E-state index contributed by atoms with van der Waals surface area (Å²) in [6.45, 7) is 0.262. The highest BCUT2D eigenvalue weighted by atomic mass is 32.2. The fourth-order valence-corrected chi connectivity index (χ4v) is 6.21. The van der Waals surface area contributed by atoms with Crippen LogP contribution in [0.25, 0.3) is 22.1 Å². The van der Waals surface area contributed by atoms with E-state index < -0.39 is 22.5 Å². The Morgan fingerprint density at radius 3 is 2.58 bits per heavy atom. The monoisotopic (exact) mass is 510 g/mol. The first-order valence-electron chi connectivity index (χ1n) is 11.7. The zero-order valence-corrected chi connectivity index (χ0v) is 20.1. The number of hydrogen-bond donors (Lipinski definition) is 0. The number of para-hydroxylation sites is 1. The van der Waals surface area contributed by atoms with Gasteiger partial charge in [0.1, 0.15) is 5.58 Å². The summed E-state index contributed by atoms with van der Waals surface area (Å²) >= 11 is 0. The molecule has 4 aromatic rings. The Morgan fingerprint density at radius 1 is 1.06 bits per heavy atom. The Hall–Kier alpha value is -3.43. The molecule has 1 atom stereocenters. The molecule has 0 spiro atoms. The molecule has 1 aliphatic rings. The van der Waals surface area contributed by atoms with Crippen LogP contribution in [0.1, 0.15) is 36.9 Å². The number of halogens is 2. The molecule has 3 heterocycles. The third-order valence-electron chi connectivity index (χ3n) is 6.48. The van der Waals surface area contributed by atoms with Crippen LogP contribution in [0.2, 0.25) is 0 Å². The quantitative estimate of drug-likeness (QED) is 0.300. The molecule has 186 valence electrons. The van der Waals surface area contributed by atoms with Crippen molar-refractivity contribution in [2.45, 2.75) is 43.2 Å². The van der Waals surface area contributed by atoms with Crippen LogP contribution in [-0.2, 0) is 21.2 Å². The number of alkyl halides is 2. The number of pyridine rings is 1. The topological polar surface area (TPSA) is 80.5 Å². The van der Waals surface area contributed by atoms with E-state index in [0.29, 0.717) is 35.9 Å². The third kappa shape index (κ3) is 4.81. The second kappa shape index (κ2) is 9.91. The number of aryl methyl sites for hydroxylation is 1. The molecular formula is C27H24F2N2O4S. The molecule has 6 nitrogen and oxygen atoms in total. The maximum absolute atomic E-state index is 13.3. The molecule has 9 heteroatoms. The summed E-state index contributed by atoms with van der Waals surface area (Å²) in [6, 6.07) is 17.4. The highest BCUT2D eigenvalue weighted by molar-refractivity contribution is 7.89. The van der Waals surface area contributed by atoms with Crippen LogP contribution in [0, 0.1) is 0 Å². The number of benzene rings is 2. The maximum Gasteiger partial charge on any atom is 0.277 e. The molecule has 1 fully saturated rings. The SMILES string of the molecule is O=C(CCc1cc(-c2ccc(C(F)F)cc2)ccn1)[C@@H]1CCCN1S(=O)(=O)c1cc2ccccc2o1. The van der Waals surface area contributed by atoms with Crippen molar-refractivity contribution >= 4 is 26.8 Å². The van der Waals surface area contributed by atoms with Gasteiger partial charge in [-0.25, -0.2) is 17.2 Å². The van der Waals surface area contributed by atoms with Crippen LogP contribution in [0.5, 0.6) is 0 Å². The van der Waals surface area contributed by atoms with Gasteiger partial charge in [0.05, 0.1) is 6.04 Å². The summed E-state index contributed by atoms with van der Waals surface area (Å²) in [5.74, 6) is -0.166. The molecule has 2 aromatic heterocycles. The zero-order valence-electron chi connectivity index (χ0n) is 19.3. The standard InChI is InChI=1S/C27H24F2N2O4S/c28-27(29)19-9-7-18(8-10-19)20-13-14-30-22(16-20)11-12-24(32)23-5-3-15-31(23)36(33,34)26-17-21-4-1-2-6-25(21)35-26/h1-2,4,6-10,13-14,16-17,23,27H,3,5,11-12,15H2/t23-/m0/s1. The average Bonchev–Trinajstić information content (AvgIpc) is 3.56. The van der Waals surface area contributed by atoms with Gasteiger partial charge in [0.15, 0.2) is 5.78 Å². The number of carbonyl (C=O) groups excluding carboxylic acids is 1. The predicted molar refractivity (Wildman–Crippen MR) is 131 cm³/mol. The van der Waals surface area contributed by atoms with Gasteiger partial charge in [0, 0.05) is 41.9 Å². The van der Waals surface area contributed by atoms with Gasteiger partial charge < -0.3 is 4.42 Å². The van der Waals surface area contributed by atoms with Gasteiger partial charge >= 0.3 is 0 Å². The summed E-state index contributed by atoms with van der Waals surface area (Å²) in [7, 11) is -3.95. The molecule has 0 radical (unpaired) electrons. The molecule has 2 aromatic carbocycles. The number of fused-ring (bicyclic) bond motifs is 1. The number of carbonyl (C=O) groups is 1. The number of rotatable bonds is 8. The van der Waals surface area contributed by atoms with Crippen molar-refractivity contribution in [3.05, 3.63) is 84.2 Å². The number of Topliss-reactive ketones (excluding diaryl/α,β-unsaturated/α-hetero) is 1. The lowest BCUT2D eigenvalue weighted by molar-refractivity contribution is -0.122. The first-order valence-corrected chi connectivity index (χ1v) is 13.1. The normalized spacial score (nSPS) is 16.7. The van der Waals surface area contributed by atoms with Crippen LogP contribution in [0.4, 0.5) is 8.78 Å². The minimum atomic E-state index is -3.95. The fraction of sp³-hybridized carbons (Fsp3) is 0.259. The van der Waals surface area contributed by atoms with Crippen molar-refractivity contribution in [3.63, 3.8) is 0 Å². The Bertz CT molecular complexity index is 1470. The molecular weight excluding hydrogens is 486 g/mol. The van der Waals surface area contributed by atoms with Crippen molar-refractivity contribution in [2.75, 3.05) is 6.54 Å². The molecule has 0 unspecified atom stereocenters. The van der Waals surface area contributed by atoms with Crippen molar-refractivity contribution in [1.29, 1.82) is 0 Å². The molecule has 5 rings (SSSR count). The highest BCUT2D eigenvalue weighted by Crippen LogP contribution is 2.31. The molecule has 36 heavy (non-hydrogen) atoms. The van der Waals surface area contributed by atoms with E-state index in [4.69, 9.17) is 4.42 Å². The van der Waals surface area contributed by atoms with E-state index in [2.05, 4.69) is 4.98 Å². The maximum atomic E-state index is 13.3. The third-order valence-corrected chi connectivity index (χ3v) is 8.25. The van der Waals surface area contributed by atoms with Gasteiger partial charge in [-0.15, -0.1) is 0 Å². The summed E-state index contributed by atoms with van der Waals surface area (Å²) in [5.41, 5.74) is 2.69. The fourth-order valence-electron chi connectivity index (χ4n) is 4.58. The van der Waals surface area contributed by atoms with Gasteiger partial charge in [0.2, 0.25) is 5.09 Å². The van der Waals surface area contributed by atoms with E-state index in [9.17, 15) is 22.0 Å². The lowest BCUT2D eigenvalue weighted by Crippen LogP contribution is -2.40. The van der Waals surface area contributed by atoms with Crippen molar-refractivity contribution in [2.24, 2.45) is 0 Å². The smallest absolute Gasteiger partial charge is 0.277 e. The first-order chi connectivity index (χ1) is 17.3. The van der Waals surface area contributed by atoms with E-state index in [1.165, 1.54) is 22.5 Å². The second-order valence-corrected chi connectivity index (χ2v) is 10.6. The summed E-state index contributed by atoms with van der Waals surface area (Å²) < 4.78 is 59.1. The molecule has 0 N–H and O–H groups in total. The van der Waals surface area contributed by atoms with Gasteiger partial charge in [-0.2, -0.15) is 4.31 Å². The number of hydrogen-bond acceptors (Lipinski definition) is 5. The lowest BCUT2D eigenvalue weighted by atomic mass is 10.0. The van der Waals surface area contributed by atoms with Gasteiger partial charge in [-0.1, -0.05) is 42.5 Å². The molecule has 1 saturated heterocycles. The number of sulfonamides is 1. The molecule has 0 amide bonds. The predicted octanol–water partition coefficient (Wildman–Crippen LogP) is 5.79. The van der Waals surface area contributed by atoms with Crippen LogP contribution in [-0.4, -0.2) is 36.1 Å². The number of aromatic nitrogens is 1. The van der Waals surface area contributed by atoms with Gasteiger partial charge in [0.25, 0.3) is 16.4 Å². The first kappa shape index (κ1) is 24.3. The summed E-state index contributed by atoms with van der Waals surface area (Å²) in [4.78, 5) is 17.4. The number of ketones is 1. The van der Waals surface area contributed by atoms with E-state index in [-0.39, 0.29) is 29.4 Å². The zero-order chi connectivity index (χ0) is 25.3. The van der Waals surface area contributed by atoms with Crippen LogP contribution in [0.3, 0.4) is 0 Å². The number of furan rings is 1. The minimum Gasteiger partial charge on any atom is -0.443 e. The average molecular weight is 511 g/mol. The van der Waals surface area contributed by atoms with E-state index in [1.54, 1.807) is 48.7 Å². The molecule has 0 saturated carbocycles. The molecule has 0 aliphatic carbocycles. The summed E-state index contributed by atoms with van der Waals surface area (Å²) in [5, 5.41) is 0.531. The van der Waals surface area contributed by atoms with Crippen molar-refractivity contribution in [3.8, 4) is 11.1 Å². The Morgan fingerprint density at radius 2 is 1.83 bits per heavy atom. The van der Waals surface area contributed by atoms with Gasteiger partial charge in [-0.3, -0.25) is 9.78 Å². The minimum absolute atomic E-state index is 0.0441. The Labute approximate surface area is 207 Å². The lowest BCUT2D eigenvalue weighted by Gasteiger charge is -2.21. The Balaban J connectivity index is 1.28. The molecule has 1 aliphatic heterocycles. The van der Waals surface area contributed by atoms with Gasteiger partial charge in [-0.05, 0) is 48.6 Å². The second-order valence-electron chi connectivity index (χ2n) is 8.80. The van der Waals surface area contributed by atoms with Crippen molar-refractivity contribution < 1.29 is 26.4 Å². The summed E-state index contributed by atoms with van der Waals surface area (Å²) in [6.07, 6.45) is 0.628.